The zero-order valence-electron chi connectivity index (χ0n) is 14.1. The molecule has 0 bridgehead atoms. The molecule has 0 radical (unpaired) electrons. The van der Waals surface area contributed by atoms with Crippen LogP contribution in [0.25, 0.3) is 10.8 Å². The molecule has 1 unspecified atom stereocenters. The van der Waals surface area contributed by atoms with E-state index in [0.717, 1.165) is 10.4 Å². The number of carbonyl (C=O) groups is 2. The van der Waals surface area contributed by atoms with Crippen LogP contribution >= 0.6 is 11.3 Å². The molecule has 3 heterocycles. The first-order valence-corrected chi connectivity index (χ1v) is 9.20. The lowest BCUT2D eigenvalue weighted by Crippen LogP contribution is -2.43. The van der Waals surface area contributed by atoms with Crippen LogP contribution in [-0.2, 0) is 16.9 Å². The molecule has 7 heteroatoms. The van der Waals surface area contributed by atoms with Crippen LogP contribution < -0.4 is 5.32 Å². The average molecular weight is 367 g/mol. The van der Waals surface area contributed by atoms with Gasteiger partial charge in [0, 0.05) is 0 Å². The van der Waals surface area contributed by atoms with Crippen LogP contribution in [0.3, 0.4) is 0 Å². The summed E-state index contributed by atoms with van der Waals surface area (Å²) in [5.74, 6) is 0.226. The highest BCUT2D eigenvalue weighted by molar-refractivity contribution is 7.13. The molecule has 1 aliphatic heterocycles. The molecule has 26 heavy (non-hydrogen) atoms. The number of benzene rings is 1. The van der Waals surface area contributed by atoms with E-state index in [2.05, 4.69) is 10.3 Å². The van der Waals surface area contributed by atoms with Gasteiger partial charge in [0.15, 0.2) is 0 Å². The van der Waals surface area contributed by atoms with Crippen molar-refractivity contribution < 1.29 is 14.0 Å². The van der Waals surface area contributed by atoms with Gasteiger partial charge in [-0.15, -0.1) is 11.3 Å². The number of aromatic nitrogens is 1. The van der Waals surface area contributed by atoms with Crippen LogP contribution in [-0.4, -0.2) is 21.8 Å². The van der Waals surface area contributed by atoms with Crippen molar-refractivity contribution in [2.75, 3.05) is 0 Å². The third kappa shape index (κ3) is 2.61. The summed E-state index contributed by atoms with van der Waals surface area (Å²) in [6.07, 6.45) is 1.96. The minimum atomic E-state index is -1.03. The molecule has 6 nitrogen and oxygen atoms in total. The Morgan fingerprint density at radius 3 is 2.69 bits per heavy atom. The van der Waals surface area contributed by atoms with E-state index in [-0.39, 0.29) is 12.5 Å². The highest BCUT2D eigenvalue weighted by Gasteiger charge is 2.51. The van der Waals surface area contributed by atoms with E-state index < -0.39 is 11.6 Å². The molecule has 3 aromatic rings. The third-order valence-electron chi connectivity index (χ3n) is 4.58. The molecule has 1 atom stereocenters. The van der Waals surface area contributed by atoms with Gasteiger partial charge < -0.3 is 9.73 Å². The minimum absolute atomic E-state index is 0.0775. The fraction of sp³-hybridized carbons (Fsp3) is 0.211. The Balaban J connectivity index is 1.60. The summed E-state index contributed by atoms with van der Waals surface area (Å²) in [6.45, 7) is 1.97. The van der Waals surface area contributed by atoms with Gasteiger partial charge in [0.05, 0.1) is 17.1 Å². The van der Waals surface area contributed by atoms with Gasteiger partial charge in [0.2, 0.25) is 5.89 Å². The Morgan fingerprint density at radius 2 is 2.00 bits per heavy atom. The van der Waals surface area contributed by atoms with E-state index in [1.54, 1.807) is 0 Å². The van der Waals surface area contributed by atoms with Crippen molar-refractivity contribution in [3.8, 4) is 10.8 Å². The predicted octanol–water partition coefficient (Wildman–Crippen LogP) is 3.76. The fourth-order valence-electron chi connectivity index (χ4n) is 3.19. The summed E-state index contributed by atoms with van der Waals surface area (Å²) in [7, 11) is 0. The standard InChI is InChI=1S/C19H17N3O3S/c1-2-19(13-7-4-3-5-8-13)17(23)22(18(24)21-19)11-14-12-25-16(20-14)15-9-6-10-26-15/h3-10,12H,2,11H2,1H3,(H,21,24). The van der Waals surface area contributed by atoms with Crippen molar-refractivity contribution in [2.45, 2.75) is 25.4 Å². The molecule has 132 valence electrons. The normalized spacial score (nSPS) is 19.8. The minimum Gasteiger partial charge on any atom is -0.443 e. The maximum absolute atomic E-state index is 13.1. The number of thiophene rings is 1. The first-order chi connectivity index (χ1) is 12.6. The van der Waals surface area contributed by atoms with E-state index in [0.29, 0.717) is 18.0 Å². The number of urea groups is 1. The number of oxazole rings is 1. The molecule has 1 aromatic carbocycles. The zero-order chi connectivity index (χ0) is 18.1. The number of carbonyl (C=O) groups excluding carboxylic acids is 2. The van der Waals surface area contributed by atoms with Crippen molar-refractivity contribution in [3.05, 3.63) is 65.4 Å². The number of nitrogens with zero attached hydrogens (tertiary/aromatic N) is 2. The second-order valence-electron chi connectivity index (χ2n) is 6.07. The van der Waals surface area contributed by atoms with Crippen LogP contribution in [0.1, 0.15) is 24.6 Å². The summed E-state index contributed by atoms with van der Waals surface area (Å²) in [5.41, 5.74) is 0.290. The summed E-state index contributed by atoms with van der Waals surface area (Å²) in [6, 6.07) is 12.7. The van der Waals surface area contributed by atoms with E-state index in [9.17, 15) is 9.59 Å². The van der Waals surface area contributed by atoms with E-state index >= 15 is 0 Å². The first-order valence-electron chi connectivity index (χ1n) is 8.32. The lowest BCUT2D eigenvalue weighted by Gasteiger charge is -2.25. The lowest BCUT2D eigenvalue weighted by molar-refractivity contribution is -0.132. The molecule has 0 saturated carbocycles. The quantitative estimate of drug-likeness (QED) is 0.697. The van der Waals surface area contributed by atoms with Crippen molar-refractivity contribution in [3.63, 3.8) is 0 Å². The second-order valence-corrected chi connectivity index (χ2v) is 7.02. The van der Waals surface area contributed by atoms with E-state index in [4.69, 9.17) is 4.42 Å². The maximum atomic E-state index is 13.1. The molecular formula is C19H17N3O3S. The molecule has 0 aliphatic carbocycles. The van der Waals surface area contributed by atoms with Crippen molar-refractivity contribution in [2.24, 2.45) is 0 Å². The molecule has 1 fully saturated rings. The summed E-state index contributed by atoms with van der Waals surface area (Å²) < 4.78 is 5.48. The lowest BCUT2D eigenvalue weighted by atomic mass is 9.87. The molecule has 2 aromatic heterocycles. The third-order valence-corrected chi connectivity index (χ3v) is 5.43. The van der Waals surface area contributed by atoms with Gasteiger partial charge in [0.25, 0.3) is 5.91 Å². The van der Waals surface area contributed by atoms with Gasteiger partial charge in [-0.2, -0.15) is 0 Å². The monoisotopic (exact) mass is 367 g/mol. The van der Waals surface area contributed by atoms with E-state index in [1.165, 1.54) is 22.5 Å². The molecule has 4 rings (SSSR count). The molecule has 3 amide bonds. The second kappa shape index (κ2) is 6.42. The van der Waals surface area contributed by atoms with Crippen LogP contribution in [0.15, 0.2) is 58.5 Å². The van der Waals surface area contributed by atoms with Crippen LogP contribution in [0.4, 0.5) is 4.79 Å². The van der Waals surface area contributed by atoms with Gasteiger partial charge in [0.1, 0.15) is 11.8 Å². The van der Waals surface area contributed by atoms with Crippen LogP contribution in [0, 0.1) is 0 Å². The van der Waals surface area contributed by atoms with Gasteiger partial charge in [-0.05, 0) is 23.4 Å². The van der Waals surface area contributed by atoms with Crippen molar-refractivity contribution >= 4 is 23.3 Å². The summed E-state index contributed by atoms with van der Waals surface area (Å²) in [4.78, 5) is 32.1. The predicted molar refractivity (Wildman–Crippen MR) is 97.3 cm³/mol. The Bertz CT molecular complexity index is 936. The van der Waals surface area contributed by atoms with Crippen molar-refractivity contribution in [1.82, 2.24) is 15.2 Å². The topological polar surface area (TPSA) is 75.4 Å². The first kappa shape index (κ1) is 16.5. The van der Waals surface area contributed by atoms with Gasteiger partial charge in [-0.3, -0.25) is 9.69 Å². The molecule has 1 aliphatic rings. The van der Waals surface area contributed by atoms with Gasteiger partial charge in [-0.1, -0.05) is 43.3 Å². The largest absolute Gasteiger partial charge is 0.443 e. The molecule has 1 saturated heterocycles. The van der Waals surface area contributed by atoms with Crippen LogP contribution in [0.2, 0.25) is 0 Å². The Hall–Kier alpha value is -2.93. The smallest absolute Gasteiger partial charge is 0.325 e. The fourth-order valence-corrected chi connectivity index (χ4v) is 3.84. The SMILES string of the molecule is CCC1(c2ccccc2)NC(=O)N(Cc2coc(-c3cccs3)n2)C1=O. The highest BCUT2D eigenvalue weighted by Crippen LogP contribution is 2.33. The maximum Gasteiger partial charge on any atom is 0.325 e. The van der Waals surface area contributed by atoms with Crippen molar-refractivity contribution in [1.29, 1.82) is 0 Å². The molecule has 1 N–H and O–H groups in total. The number of amides is 3. The summed E-state index contributed by atoms with van der Waals surface area (Å²) >= 11 is 1.52. The van der Waals surface area contributed by atoms with E-state index in [1.807, 2.05) is 54.8 Å². The van der Waals surface area contributed by atoms with Gasteiger partial charge in [-0.25, -0.2) is 9.78 Å². The molecule has 0 spiro atoms. The highest BCUT2D eigenvalue weighted by atomic mass is 32.1. The van der Waals surface area contributed by atoms with Crippen LogP contribution in [0.5, 0.6) is 0 Å². The number of nitrogens with one attached hydrogen (secondary N) is 1. The number of hydrogen-bond acceptors (Lipinski definition) is 5. The Kier molecular flexibility index (Phi) is 4.08. The van der Waals surface area contributed by atoms with Gasteiger partial charge >= 0.3 is 6.03 Å². The average Bonchev–Trinajstić information content (AvgIpc) is 3.39. The number of rotatable bonds is 5. The Labute approximate surface area is 154 Å². The Morgan fingerprint density at radius 1 is 1.19 bits per heavy atom. The number of imide groups is 1. The summed E-state index contributed by atoms with van der Waals surface area (Å²) in [5, 5.41) is 4.81. The zero-order valence-corrected chi connectivity index (χ0v) is 15.0. The molecular weight excluding hydrogens is 350 g/mol. The number of hydrogen-bond donors (Lipinski definition) is 1.